The Morgan fingerprint density at radius 1 is 1.58 bits per heavy atom. The van der Waals surface area contributed by atoms with E-state index in [1.54, 1.807) is 4.90 Å². The molecule has 1 saturated heterocycles. The van der Waals surface area contributed by atoms with Crippen LogP contribution in [0.15, 0.2) is 22.7 Å². The molecule has 1 aromatic rings. The van der Waals surface area contributed by atoms with E-state index in [4.69, 9.17) is 9.84 Å². The summed E-state index contributed by atoms with van der Waals surface area (Å²) in [6.07, 6.45) is 1.72. The average Bonchev–Trinajstić information content (AvgIpc) is 2.85. The van der Waals surface area contributed by atoms with Crippen molar-refractivity contribution in [1.29, 1.82) is 0 Å². The molecule has 0 saturated carbocycles. The second-order valence-corrected chi connectivity index (χ2v) is 5.28. The number of rotatable bonds is 4. The number of carbonyl (C=O) groups excluding carboxylic acids is 1. The van der Waals surface area contributed by atoms with Gasteiger partial charge in [0.25, 0.3) is 5.91 Å². The third-order valence-electron chi connectivity index (χ3n) is 3.15. The lowest BCUT2D eigenvalue weighted by Crippen LogP contribution is -2.40. The molecule has 1 fully saturated rings. The smallest absolute Gasteiger partial charge is 0.260 e. The quantitative estimate of drug-likeness (QED) is 0.917. The van der Waals surface area contributed by atoms with E-state index in [9.17, 15) is 9.18 Å². The van der Waals surface area contributed by atoms with Crippen LogP contribution in [-0.4, -0.2) is 41.7 Å². The van der Waals surface area contributed by atoms with Crippen molar-refractivity contribution in [3.63, 3.8) is 0 Å². The number of aliphatic hydroxyl groups is 1. The van der Waals surface area contributed by atoms with Gasteiger partial charge in [0, 0.05) is 6.54 Å². The maximum absolute atomic E-state index is 12.9. The topological polar surface area (TPSA) is 49.8 Å². The van der Waals surface area contributed by atoms with Crippen molar-refractivity contribution >= 4 is 21.8 Å². The molecule has 104 valence electrons. The normalized spacial score (nSPS) is 18.7. The molecule has 4 nitrogen and oxygen atoms in total. The zero-order chi connectivity index (χ0) is 13.8. The Morgan fingerprint density at radius 2 is 2.37 bits per heavy atom. The molecule has 0 bridgehead atoms. The van der Waals surface area contributed by atoms with Gasteiger partial charge in [-0.05, 0) is 47.0 Å². The van der Waals surface area contributed by atoms with E-state index >= 15 is 0 Å². The van der Waals surface area contributed by atoms with Gasteiger partial charge in [-0.3, -0.25) is 4.79 Å². The third-order valence-corrected chi connectivity index (χ3v) is 3.77. The van der Waals surface area contributed by atoms with E-state index in [-0.39, 0.29) is 31.0 Å². The lowest BCUT2D eigenvalue weighted by Gasteiger charge is -2.23. The van der Waals surface area contributed by atoms with Gasteiger partial charge < -0.3 is 14.7 Å². The van der Waals surface area contributed by atoms with Gasteiger partial charge in [0.05, 0.1) is 17.1 Å². The Balaban J connectivity index is 1.93. The molecular formula is C13H15BrFNO3. The predicted octanol–water partition coefficient (Wildman–Crippen LogP) is 1.95. The highest BCUT2D eigenvalue weighted by molar-refractivity contribution is 9.10. The summed E-state index contributed by atoms with van der Waals surface area (Å²) in [5.41, 5.74) is 0. The molecule has 1 aliphatic heterocycles. The summed E-state index contributed by atoms with van der Waals surface area (Å²) in [5, 5.41) is 9.16. The Hall–Kier alpha value is -1.14. The monoisotopic (exact) mass is 331 g/mol. The van der Waals surface area contributed by atoms with Crippen LogP contribution in [-0.2, 0) is 4.79 Å². The fourth-order valence-corrected chi connectivity index (χ4v) is 2.63. The number of aliphatic hydroxyl groups excluding tert-OH is 1. The molecule has 0 spiro atoms. The minimum absolute atomic E-state index is 0.0218. The van der Waals surface area contributed by atoms with Gasteiger partial charge in [-0.1, -0.05) is 0 Å². The van der Waals surface area contributed by atoms with E-state index in [1.165, 1.54) is 18.2 Å². The lowest BCUT2D eigenvalue weighted by molar-refractivity contribution is -0.134. The molecule has 19 heavy (non-hydrogen) atoms. The van der Waals surface area contributed by atoms with Crippen LogP contribution in [0.4, 0.5) is 4.39 Å². The maximum atomic E-state index is 12.9. The number of nitrogens with zero attached hydrogens (tertiary/aromatic N) is 1. The first-order valence-electron chi connectivity index (χ1n) is 6.10. The fourth-order valence-electron chi connectivity index (χ4n) is 2.17. The fraction of sp³-hybridized carbons (Fsp3) is 0.462. The third kappa shape index (κ3) is 3.45. The molecule has 1 aliphatic rings. The van der Waals surface area contributed by atoms with E-state index in [2.05, 4.69) is 15.9 Å². The summed E-state index contributed by atoms with van der Waals surface area (Å²) in [4.78, 5) is 13.6. The van der Waals surface area contributed by atoms with Crippen LogP contribution in [0.25, 0.3) is 0 Å². The Labute approximate surface area is 119 Å². The first-order chi connectivity index (χ1) is 9.11. The van der Waals surface area contributed by atoms with Crippen LogP contribution in [0.2, 0.25) is 0 Å². The van der Waals surface area contributed by atoms with Crippen LogP contribution < -0.4 is 4.74 Å². The first-order valence-corrected chi connectivity index (χ1v) is 6.89. The summed E-state index contributed by atoms with van der Waals surface area (Å²) >= 11 is 3.18. The largest absolute Gasteiger partial charge is 0.483 e. The number of halogens is 2. The number of carbonyl (C=O) groups is 1. The molecule has 1 heterocycles. The van der Waals surface area contributed by atoms with Gasteiger partial charge in [-0.25, -0.2) is 4.39 Å². The zero-order valence-corrected chi connectivity index (χ0v) is 11.9. The average molecular weight is 332 g/mol. The first kappa shape index (κ1) is 14.3. The Kier molecular flexibility index (Phi) is 4.76. The highest BCUT2D eigenvalue weighted by Gasteiger charge is 2.28. The molecule has 0 radical (unpaired) electrons. The number of amides is 1. The lowest BCUT2D eigenvalue weighted by atomic mass is 10.2. The van der Waals surface area contributed by atoms with E-state index in [0.29, 0.717) is 16.8 Å². The molecule has 1 atom stereocenters. The molecule has 0 aliphatic carbocycles. The summed E-state index contributed by atoms with van der Waals surface area (Å²) in [7, 11) is 0. The van der Waals surface area contributed by atoms with Crippen molar-refractivity contribution in [2.24, 2.45) is 0 Å². The van der Waals surface area contributed by atoms with Crippen molar-refractivity contribution in [1.82, 2.24) is 4.90 Å². The molecule has 1 aromatic carbocycles. The second kappa shape index (κ2) is 6.34. The van der Waals surface area contributed by atoms with Crippen LogP contribution in [0.1, 0.15) is 12.8 Å². The van der Waals surface area contributed by atoms with Gasteiger partial charge >= 0.3 is 0 Å². The summed E-state index contributed by atoms with van der Waals surface area (Å²) in [6, 6.07) is 3.93. The van der Waals surface area contributed by atoms with Crippen LogP contribution in [0.3, 0.4) is 0 Å². The molecule has 0 unspecified atom stereocenters. The standard InChI is InChI=1S/C13H15BrFNO3/c14-11-6-9(15)3-4-12(11)19-8-13(18)16-5-1-2-10(16)7-17/h3-4,6,10,17H,1-2,5,7-8H2/t10-/m0/s1. The SMILES string of the molecule is O=C(COc1ccc(F)cc1Br)N1CCC[C@H]1CO. The van der Waals surface area contributed by atoms with E-state index in [0.717, 1.165) is 12.8 Å². The van der Waals surface area contributed by atoms with Gasteiger partial charge in [-0.2, -0.15) is 0 Å². The van der Waals surface area contributed by atoms with Gasteiger partial charge in [0.15, 0.2) is 6.61 Å². The van der Waals surface area contributed by atoms with Crippen LogP contribution >= 0.6 is 15.9 Å². The number of benzene rings is 1. The number of hydrogen-bond acceptors (Lipinski definition) is 3. The summed E-state index contributed by atoms with van der Waals surface area (Å²) in [5.74, 6) is -0.104. The Morgan fingerprint density at radius 3 is 3.05 bits per heavy atom. The molecule has 6 heteroatoms. The van der Waals surface area contributed by atoms with Crippen molar-refractivity contribution in [3.05, 3.63) is 28.5 Å². The van der Waals surface area contributed by atoms with Gasteiger partial charge in [0.2, 0.25) is 0 Å². The van der Waals surface area contributed by atoms with E-state index < -0.39 is 0 Å². The Bertz CT molecular complexity index is 469. The highest BCUT2D eigenvalue weighted by Crippen LogP contribution is 2.25. The number of ether oxygens (including phenoxy) is 1. The predicted molar refractivity (Wildman–Crippen MR) is 71.4 cm³/mol. The minimum Gasteiger partial charge on any atom is -0.483 e. The molecule has 1 amide bonds. The minimum atomic E-state index is -0.370. The van der Waals surface area contributed by atoms with E-state index in [1.807, 2.05) is 0 Å². The number of likely N-dealkylation sites (tertiary alicyclic amines) is 1. The molecule has 1 N–H and O–H groups in total. The maximum Gasteiger partial charge on any atom is 0.260 e. The number of hydrogen-bond donors (Lipinski definition) is 1. The van der Waals surface area contributed by atoms with Gasteiger partial charge in [-0.15, -0.1) is 0 Å². The second-order valence-electron chi connectivity index (χ2n) is 4.43. The molecule has 2 rings (SSSR count). The zero-order valence-electron chi connectivity index (χ0n) is 10.3. The molecule has 0 aromatic heterocycles. The highest BCUT2D eigenvalue weighted by atomic mass is 79.9. The van der Waals surface area contributed by atoms with Crippen molar-refractivity contribution in [2.45, 2.75) is 18.9 Å². The van der Waals surface area contributed by atoms with Crippen LogP contribution in [0, 0.1) is 5.82 Å². The van der Waals surface area contributed by atoms with Crippen molar-refractivity contribution in [2.75, 3.05) is 19.8 Å². The molecular weight excluding hydrogens is 317 g/mol. The van der Waals surface area contributed by atoms with Crippen LogP contribution in [0.5, 0.6) is 5.75 Å². The summed E-state index contributed by atoms with van der Waals surface area (Å²) in [6.45, 7) is 0.519. The van der Waals surface area contributed by atoms with Crippen molar-refractivity contribution < 1.29 is 19.0 Å². The van der Waals surface area contributed by atoms with Crippen molar-refractivity contribution in [3.8, 4) is 5.75 Å². The summed E-state index contributed by atoms with van der Waals surface area (Å²) < 4.78 is 18.7. The van der Waals surface area contributed by atoms with Gasteiger partial charge in [0.1, 0.15) is 11.6 Å².